The molecular weight excluding hydrogens is 644 g/mol. The van der Waals surface area contributed by atoms with Gasteiger partial charge < -0.3 is 30.9 Å². The number of aliphatic carboxylic acids is 1. The number of nitrogens with zero attached hydrogens (tertiary/aromatic N) is 1. The summed E-state index contributed by atoms with van der Waals surface area (Å²) in [5, 5.41) is 27.8. The van der Waals surface area contributed by atoms with Crippen LogP contribution in [0.4, 0.5) is 11.4 Å². The number of carboxylic acids is 2. The average Bonchev–Trinajstić information content (AvgIpc) is 3.30. The van der Waals surface area contributed by atoms with Crippen molar-refractivity contribution in [2.75, 3.05) is 36.9 Å². The maximum Gasteiger partial charge on any atom is 0.349 e. The summed E-state index contributed by atoms with van der Waals surface area (Å²) >= 11 is 7.35. The number of aromatic carboxylic acids is 1. The highest BCUT2D eigenvalue weighted by Crippen LogP contribution is 2.46. The number of piperidine rings is 1. The van der Waals surface area contributed by atoms with E-state index in [1.54, 1.807) is 34.6 Å². The van der Waals surface area contributed by atoms with Gasteiger partial charge in [-0.1, -0.05) is 35.9 Å². The lowest BCUT2D eigenvalue weighted by Gasteiger charge is -2.45. The molecule has 0 radical (unpaired) electrons. The van der Waals surface area contributed by atoms with E-state index >= 15 is 0 Å². The molecule has 2 aromatic carbocycles. The van der Waals surface area contributed by atoms with E-state index < -0.39 is 34.1 Å². The van der Waals surface area contributed by atoms with Crippen LogP contribution in [0.3, 0.4) is 0 Å². The Kier molecular flexibility index (Phi) is 11.0. The first-order chi connectivity index (χ1) is 21.3. The summed E-state index contributed by atoms with van der Waals surface area (Å²) in [6, 6.07) is 14.4. The highest BCUT2D eigenvalue weighted by atomic mass is 35.5. The molecule has 4 rings (SSSR count). The third-order valence-corrected chi connectivity index (χ3v) is 11.0. The van der Waals surface area contributed by atoms with Crippen molar-refractivity contribution in [2.24, 2.45) is 0 Å². The Labute approximate surface area is 270 Å². The van der Waals surface area contributed by atoms with E-state index in [0.717, 1.165) is 22.7 Å². The Bertz CT molecular complexity index is 1660. The fourth-order valence-electron chi connectivity index (χ4n) is 5.39. The van der Waals surface area contributed by atoms with Crippen LogP contribution in [0, 0.1) is 0 Å². The molecule has 242 valence electrons. The van der Waals surface area contributed by atoms with Crippen molar-refractivity contribution in [3.63, 3.8) is 0 Å². The van der Waals surface area contributed by atoms with Gasteiger partial charge in [0.25, 0.3) is 0 Å². The highest BCUT2D eigenvalue weighted by molar-refractivity contribution is 7.88. The second-order valence-corrected chi connectivity index (χ2v) is 14.4. The molecule has 15 heteroatoms. The summed E-state index contributed by atoms with van der Waals surface area (Å²) in [5.41, 5.74) is 2.12. The van der Waals surface area contributed by atoms with Gasteiger partial charge in [0.15, 0.2) is 17.2 Å². The van der Waals surface area contributed by atoms with Gasteiger partial charge in [0.05, 0.1) is 10.6 Å². The number of carbonyl (C=O) groups is 3. The number of anilines is 2. The molecule has 0 bridgehead atoms. The number of carboxylic acid groups (broad SMARTS) is 2. The van der Waals surface area contributed by atoms with Gasteiger partial charge in [0.2, 0.25) is 16.4 Å². The standard InChI is InChI=1S/C30H35ClN4O8S2/c1-30(2)15-23(9-12-35(30)45(41,42)17-19-5-3-7-21(13-19)33-11-10-32-18-36)34-22-8-4-6-20(14-22)27-25(31)26(43-16-24(37)38)28(44-27)29(39)40/h3-8,13-14,18,23,33-34H,9-12,15-17H2,1-2H3,(H,32,36)(H,37,38)(H,39,40)/t23-/m0/s1. The predicted molar refractivity (Wildman–Crippen MR) is 174 cm³/mol. The van der Waals surface area contributed by atoms with Gasteiger partial charge in [0, 0.05) is 42.6 Å². The Balaban J connectivity index is 1.44. The van der Waals surface area contributed by atoms with Crippen molar-refractivity contribution < 1.29 is 37.8 Å². The number of rotatable bonds is 15. The summed E-state index contributed by atoms with van der Waals surface area (Å²) in [7, 11) is -3.64. The smallest absolute Gasteiger partial charge is 0.349 e. The van der Waals surface area contributed by atoms with E-state index in [-0.39, 0.29) is 27.4 Å². The van der Waals surface area contributed by atoms with Crippen LogP contribution in [-0.2, 0) is 25.4 Å². The molecule has 12 nitrogen and oxygen atoms in total. The molecule has 0 unspecified atom stereocenters. The Morgan fingerprint density at radius 2 is 1.87 bits per heavy atom. The van der Waals surface area contributed by atoms with Gasteiger partial charge >= 0.3 is 11.9 Å². The quantitative estimate of drug-likeness (QED) is 0.113. The fraction of sp³-hybridized carbons (Fsp3) is 0.367. The lowest BCUT2D eigenvalue weighted by Crippen LogP contribution is -2.55. The number of ether oxygens (including phenoxy) is 1. The molecule has 0 aliphatic carbocycles. The first-order valence-electron chi connectivity index (χ1n) is 14.1. The molecule has 1 saturated heterocycles. The molecule has 3 aromatic rings. The molecule has 1 atom stereocenters. The summed E-state index contributed by atoms with van der Waals surface area (Å²) in [4.78, 5) is 33.4. The number of amides is 1. The summed E-state index contributed by atoms with van der Waals surface area (Å²) in [5.74, 6) is -2.86. The monoisotopic (exact) mass is 678 g/mol. The van der Waals surface area contributed by atoms with E-state index in [9.17, 15) is 27.9 Å². The van der Waals surface area contributed by atoms with Gasteiger partial charge in [-0.3, -0.25) is 4.79 Å². The number of nitrogens with one attached hydrogen (secondary N) is 3. The van der Waals surface area contributed by atoms with Crippen molar-refractivity contribution in [3.8, 4) is 16.2 Å². The van der Waals surface area contributed by atoms with Gasteiger partial charge in [-0.25, -0.2) is 18.0 Å². The van der Waals surface area contributed by atoms with Crippen molar-refractivity contribution >= 4 is 62.7 Å². The minimum Gasteiger partial charge on any atom is -0.479 e. The molecule has 1 amide bonds. The number of benzene rings is 2. The van der Waals surface area contributed by atoms with Gasteiger partial charge in [-0.15, -0.1) is 11.3 Å². The molecule has 1 fully saturated rings. The molecule has 1 aliphatic rings. The molecule has 5 N–H and O–H groups in total. The van der Waals surface area contributed by atoms with Crippen LogP contribution in [0.1, 0.15) is 41.9 Å². The second-order valence-electron chi connectivity index (χ2n) is 11.1. The van der Waals surface area contributed by atoms with Crippen LogP contribution in [0.5, 0.6) is 5.75 Å². The van der Waals surface area contributed by atoms with Crippen molar-refractivity contribution in [3.05, 3.63) is 64.0 Å². The number of hydrogen-bond acceptors (Lipinski definition) is 9. The van der Waals surface area contributed by atoms with E-state index in [1.165, 1.54) is 0 Å². The summed E-state index contributed by atoms with van der Waals surface area (Å²) in [6.07, 6.45) is 1.73. The largest absolute Gasteiger partial charge is 0.479 e. The van der Waals surface area contributed by atoms with Crippen LogP contribution in [0.2, 0.25) is 5.02 Å². The third-order valence-electron chi connectivity index (χ3n) is 7.23. The Hall–Kier alpha value is -3.85. The van der Waals surface area contributed by atoms with E-state index in [2.05, 4.69) is 16.0 Å². The van der Waals surface area contributed by atoms with Gasteiger partial charge in [-0.2, -0.15) is 4.31 Å². The van der Waals surface area contributed by atoms with Gasteiger partial charge in [0.1, 0.15) is 5.02 Å². The molecule has 2 heterocycles. The van der Waals surface area contributed by atoms with E-state index in [1.807, 2.05) is 32.0 Å². The first kappa shape index (κ1) is 34.0. The lowest BCUT2D eigenvalue weighted by molar-refractivity contribution is -0.139. The van der Waals surface area contributed by atoms with Crippen LogP contribution in [0.15, 0.2) is 48.5 Å². The molecule has 45 heavy (non-hydrogen) atoms. The zero-order valence-corrected chi connectivity index (χ0v) is 27.1. The summed E-state index contributed by atoms with van der Waals surface area (Å²) < 4.78 is 33.9. The molecule has 1 aromatic heterocycles. The Morgan fingerprint density at radius 3 is 2.56 bits per heavy atom. The maximum atomic E-state index is 13.6. The van der Waals surface area contributed by atoms with Crippen LogP contribution < -0.4 is 20.7 Å². The molecule has 0 spiro atoms. The predicted octanol–water partition coefficient (Wildman–Crippen LogP) is 4.57. The fourth-order valence-corrected chi connectivity index (χ4v) is 8.76. The number of thiophene rings is 1. The number of sulfonamides is 1. The first-order valence-corrected chi connectivity index (χ1v) is 16.9. The van der Waals surface area contributed by atoms with Crippen molar-refractivity contribution in [2.45, 2.75) is 44.0 Å². The topological polar surface area (TPSA) is 174 Å². The maximum absolute atomic E-state index is 13.6. The number of halogens is 1. The zero-order chi connectivity index (χ0) is 32.8. The van der Waals surface area contributed by atoms with Crippen LogP contribution in [-0.4, -0.2) is 79.1 Å². The molecular formula is C30H35ClN4O8S2. The number of carbonyl (C=O) groups excluding carboxylic acids is 1. The zero-order valence-electron chi connectivity index (χ0n) is 24.7. The van der Waals surface area contributed by atoms with E-state index in [4.69, 9.17) is 21.4 Å². The highest BCUT2D eigenvalue weighted by Gasteiger charge is 2.41. The van der Waals surface area contributed by atoms with Crippen molar-refractivity contribution in [1.82, 2.24) is 9.62 Å². The van der Waals surface area contributed by atoms with E-state index in [0.29, 0.717) is 54.9 Å². The minimum atomic E-state index is -3.64. The molecule has 0 saturated carbocycles. The number of hydrogen-bond donors (Lipinski definition) is 5. The lowest BCUT2D eigenvalue weighted by atomic mass is 9.89. The van der Waals surface area contributed by atoms with Gasteiger partial charge in [-0.05, 0) is 62.1 Å². The average molecular weight is 679 g/mol. The summed E-state index contributed by atoms with van der Waals surface area (Å²) in [6.45, 7) is 4.37. The van der Waals surface area contributed by atoms with Crippen molar-refractivity contribution in [1.29, 1.82) is 0 Å². The van der Waals surface area contributed by atoms with Crippen LogP contribution in [0.25, 0.3) is 10.4 Å². The normalized spacial score (nSPS) is 16.5. The SMILES string of the molecule is CC1(C)C[C@@H](Nc2cccc(-c3sc(C(=O)O)c(OCC(=O)O)c3Cl)c2)CCN1S(=O)(=O)Cc1cccc(NCCNC=O)c1. The minimum absolute atomic E-state index is 0.0201. The molecule has 1 aliphatic heterocycles. The van der Waals surface area contributed by atoms with Crippen LogP contribution >= 0.6 is 22.9 Å². The Morgan fingerprint density at radius 1 is 1.13 bits per heavy atom. The third kappa shape index (κ3) is 8.66. The second kappa shape index (κ2) is 14.5.